The lowest BCUT2D eigenvalue weighted by Gasteiger charge is -2.02. The zero-order valence-electron chi connectivity index (χ0n) is 10.2. The summed E-state index contributed by atoms with van der Waals surface area (Å²) in [5.74, 6) is 0.946. The third-order valence-corrected chi connectivity index (χ3v) is 4.19. The van der Waals surface area contributed by atoms with Crippen LogP contribution in [0.25, 0.3) is 0 Å². The molecule has 0 aliphatic heterocycles. The van der Waals surface area contributed by atoms with Gasteiger partial charge in [0.05, 0.1) is 5.69 Å². The van der Waals surface area contributed by atoms with Crippen molar-refractivity contribution in [3.63, 3.8) is 0 Å². The van der Waals surface area contributed by atoms with Crippen LogP contribution in [-0.2, 0) is 5.88 Å². The van der Waals surface area contributed by atoms with Gasteiger partial charge in [-0.2, -0.15) is 0 Å². The normalized spacial score (nSPS) is 14.4. The van der Waals surface area contributed by atoms with Gasteiger partial charge in [0, 0.05) is 22.7 Å². The largest absolute Gasteiger partial charge is 0.298 e. The fourth-order valence-electron chi connectivity index (χ4n) is 1.82. The standard InChI is InChI=1S/C14H13ClN2OS/c15-7-9-1-3-11(4-2-9)13(18)17-14-16-12(8-19-14)10-5-6-10/h1-4,8,10H,5-7H2,(H,16,17,18). The van der Waals surface area contributed by atoms with E-state index in [-0.39, 0.29) is 5.91 Å². The fraction of sp³-hybridized carbons (Fsp3) is 0.286. The number of rotatable bonds is 4. The number of carbonyl (C=O) groups excluding carboxylic acids is 1. The number of aromatic nitrogens is 1. The molecule has 3 rings (SSSR count). The summed E-state index contributed by atoms with van der Waals surface area (Å²) >= 11 is 7.20. The van der Waals surface area contributed by atoms with E-state index in [0.717, 1.165) is 11.3 Å². The van der Waals surface area contributed by atoms with Gasteiger partial charge < -0.3 is 0 Å². The molecule has 98 valence electrons. The van der Waals surface area contributed by atoms with Crippen LogP contribution >= 0.6 is 22.9 Å². The van der Waals surface area contributed by atoms with Crippen molar-refractivity contribution in [2.45, 2.75) is 24.6 Å². The SMILES string of the molecule is O=C(Nc1nc(C2CC2)cs1)c1ccc(CCl)cc1. The molecule has 5 heteroatoms. The highest BCUT2D eigenvalue weighted by atomic mass is 35.5. The molecule has 1 heterocycles. The molecule has 0 spiro atoms. The summed E-state index contributed by atoms with van der Waals surface area (Å²) in [4.78, 5) is 16.5. The topological polar surface area (TPSA) is 42.0 Å². The Morgan fingerprint density at radius 3 is 2.74 bits per heavy atom. The van der Waals surface area contributed by atoms with Crippen molar-refractivity contribution in [3.05, 3.63) is 46.5 Å². The number of anilines is 1. The van der Waals surface area contributed by atoms with Gasteiger partial charge in [-0.15, -0.1) is 22.9 Å². The van der Waals surface area contributed by atoms with Crippen molar-refractivity contribution >= 4 is 34.0 Å². The number of alkyl halides is 1. The predicted octanol–water partition coefficient (Wildman–Crippen LogP) is 4.01. The average Bonchev–Trinajstić information content (AvgIpc) is 3.20. The minimum absolute atomic E-state index is 0.127. The lowest BCUT2D eigenvalue weighted by molar-refractivity contribution is 0.102. The van der Waals surface area contributed by atoms with Crippen molar-refractivity contribution in [2.24, 2.45) is 0 Å². The quantitative estimate of drug-likeness (QED) is 0.865. The Labute approximate surface area is 120 Å². The van der Waals surface area contributed by atoms with Gasteiger partial charge in [-0.1, -0.05) is 12.1 Å². The van der Waals surface area contributed by atoms with Crippen molar-refractivity contribution in [1.82, 2.24) is 4.98 Å². The van der Waals surface area contributed by atoms with E-state index in [1.54, 1.807) is 12.1 Å². The Hall–Kier alpha value is -1.39. The molecule has 1 saturated carbocycles. The van der Waals surface area contributed by atoms with E-state index in [1.807, 2.05) is 17.5 Å². The number of benzene rings is 1. The van der Waals surface area contributed by atoms with Crippen LogP contribution in [0, 0.1) is 0 Å². The van der Waals surface area contributed by atoms with Gasteiger partial charge in [0.2, 0.25) is 0 Å². The lowest BCUT2D eigenvalue weighted by Crippen LogP contribution is -2.11. The van der Waals surface area contributed by atoms with Crippen LogP contribution in [0.5, 0.6) is 0 Å². The summed E-state index contributed by atoms with van der Waals surface area (Å²) in [6.07, 6.45) is 2.44. The average molecular weight is 293 g/mol. The Morgan fingerprint density at radius 1 is 1.37 bits per heavy atom. The van der Waals surface area contributed by atoms with Crippen LogP contribution in [0.2, 0.25) is 0 Å². The zero-order chi connectivity index (χ0) is 13.2. The summed E-state index contributed by atoms with van der Waals surface area (Å²) in [6.45, 7) is 0. The van der Waals surface area contributed by atoms with Crippen LogP contribution in [-0.4, -0.2) is 10.9 Å². The van der Waals surface area contributed by atoms with Crippen LogP contribution in [0.4, 0.5) is 5.13 Å². The Bertz CT molecular complexity index is 590. The van der Waals surface area contributed by atoms with Crippen LogP contribution in [0.1, 0.15) is 40.4 Å². The van der Waals surface area contributed by atoms with E-state index in [0.29, 0.717) is 22.5 Å². The molecule has 0 saturated heterocycles. The minimum atomic E-state index is -0.127. The number of carbonyl (C=O) groups is 1. The molecule has 1 amide bonds. The second-order valence-electron chi connectivity index (χ2n) is 4.64. The molecule has 1 aliphatic rings. The molecular weight excluding hydrogens is 280 g/mol. The smallest absolute Gasteiger partial charge is 0.257 e. The third-order valence-electron chi connectivity index (χ3n) is 3.11. The molecule has 0 atom stereocenters. The second kappa shape index (κ2) is 5.31. The monoisotopic (exact) mass is 292 g/mol. The molecule has 1 fully saturated rings. The van der Waals surface area contributed by atoms with Gasteiger partial charge in [-0.25, -0.2) is 4.98 Å². The van der Waals surface area contributed by atoms with Crippen LogP contribution < -0.4 is 5.32 Å². The summed E-state index contributed by atoms with van der Waals surface area (Å²) in [5.41, 5.74) is 2.73. The molecule has 0 bridgehead atoms. The van der Waals surface area contributed by atoms with Crippen molar-refractivity contribution in [2.75, 3.05) is 5.32 Å². The van der Waals surface area contributed by atoms with Gasteiger partial charge in [-0.05, 0) is 30.5 Å². The first kappa shape index (κ1) is 12.6. The van der Waals surface area contributed by atoms with Crippen molar-refractivity contribution < 1.29 is 4.79 Å². The summed E-state index contributed by atoms with van der Waals surface area (Å²) in [7, 11) is 0. The van der Waals surface area contributed by atoms with Gasteiger partial charge in [0.1, 0.15) is 0 Å². The number of hydrogen-bond donors (Lipinski definition) is 1. The lowest BCUT2D eigenvalue weighted by atomic mass is 10.1. The zero-order valence-corrected chi connectivity index (χ0v) is 11.8. The second-order valence-corrected chi connectivity index (χ2v) is 5.76. The van der Waals surface area contributed by atoms with E-state index in [1.165, 1.54) is 24.2 Å². The summed E-state index contributed by atoms with van der Waals surface area (Å²) in [6, 6.07) is 7.28. The first-order chi connectivity index (χ1) is 9.26. The third kappa shape index (κ3) is 2.96. The number of hydrogen-bond acceptors (Lipinski definition) is 3. The molecular formula is C14H13ClN2OS. The van der Waals surface area contributed by atoms with Gasteiger partial charge in [0.25, 0.3) is 5.91 Å². The Kier molecular flexibility index (Phi) is 3.53. The number of nitrogens with zero attached hydrogens (tertiary/aromatic N) is 1. The first-order valence-corrected chi connectivity index (χ1v) is 7.59. The summed E-state index contributed by atoms with van der Waals surface area (Å²) in [5, 5.41) is 5.54. The van der Waals surface area contributed by atoms with Crippen molar-refractivity contribution in [1.29, 1.82) is 0 Å². The highest BCUT2D eigenvalue weighted by Gasteiger charge is 2.26. The maximum Gasteiger partial charge on any atom is 0.257 e. The molecule has 0 radical (unpaired) electrons. The predicted molar refractivity (Wildman–Crippen MR) is 78.0 cm³/mol. The molecule has 1 aliphatic carbocycles. The minimum Gasteiger partial charge on any atom is -0.298 e. The summed E-state index contributed by atoms with van der Waals surface area (Å²) < 4.78 is 0. The van der Waals surface area contributed by atoms with E-state index in [2.05, 4.69) is 10.3 Å². The van der Waals surface area contributed by atoms with Gasteiger partial charge >= 0.3 is 0 Å². The van der Waals surface area contributed by atoms with E-state index >= 15 is 0 Å². The maximum atomic E-state index is 12.0. The van der Waals surface area contributed by atoms with Crippen LogP contribution in [0.15, 0.2) is 29.6 Å². The molecule has 1 aromatic heterocycles. The Morgan fingerprint density at radius 2 is 2.11 bits per heavy atom. The van der Waals surface area contributed by atoms with E-state index < -0.39 is 0 Å². The number of nitrogens with one attached hydrogen (secondary N) is 1. The van der Waals surface area contributed by atoms with Crippen LogP contribution in [0.3, 0.4) is 0 Å². The molecule has 1 aromatic carbocycles. The number of amides is 1. The molecule has 2 aromatic rings. The van der Waals surface area contributed by atoms with E-state index in [9.17, 15) is 4.79 Å². The number of thiazole rings is 1. The van der Waals surface area contributed by atoms with Crippen molar-refractivity contribution in [3.8, 4) is 0 Å². The molecule has 0 unspecified atom stereocenters. The number of halogens is 1. The highest BCUT2D eigenvalue weighted by molar-refractivity contribution is 7.14. The first-order valence-electron chi connectivity index (χ1n) is 6.18. The highest BCUT2D eigenvalue weighted by Crippen LogP contribution is 2.40. The molecule has 1 N–H and O–H groups in total. The molecule has 19 heavy (non-hydrogen) atoms. The molecule has 3 nitrogen and oxygen atoms in total. The van der Waals surface area contributed by atoms with E-state index in [4.69, 9.17) is 11.6 Å². The Balaban J connectivity index is 1.68. The van der Waals surface area contributed by atoms with Gasteiger partial charge in [-0.3, -0.25) is 10.1 Å². The maximum absolute atomic E-state index is 12.0. The fourth-order valence-corrected chi connectivity index (χ4v) is 2.79. The van der Waals surface area contributed by atoms with Gasteiger partial charge in [0.15, 0.2) is 5.13 Å².